The highest BCUT2D eigenvalue weighted by Crippen LogP contribution is 2.35. The largest absolute Gasteiger partial charge is 0.396 e. The Morgan fingerprint density at radius 1 is 0.358 bits per heavy atom. The number of hydrogen-bond donors (Lipinski definition) is 1. The van der Waals surface area contributed by atoms with Gasteiger partial charge in [0, 0.05) is 13.0 Å². The summed E-state index contributed by atoms with van der Waals surface area (Å²) in [5.41, 5.74) is 5.93. The monoisotopic (exact) mass is 910 g/mol. The molecule has 0 radical (unpaired) electrons. The van der Waals surface area contributed by atoms with Gasteiger partial charge in [0.15, 0.2) is 12.6 Å². The highest BCUT2D eigenvalue weighted by molar-refractivity contribution is 5.18. The summed E-state index contributed by atoms with van der Waals surface area (Å²) in [6, 6.07) is 59.8. The molecule has 2 saturated heterocycles. The van der Waals surface area contributed by atoms with Crippen molar-refractivity contribution in [3.8, 4) is 0 Å². The van der Waals surface area contributed by atoms with Gasteiger partial charge in [0.05, 0.1) is 71.7 Å². The summed E-state index contributed by atoms with van der Waals surface area (Å²) in [7, 11) is 1.60. The van der Waals surface area contributed by atoms with Crippen LogP contribution in [0.4, 0.5) is 0 Å². The Bertz CT molecular complexity index is 2240. The standard InChI is InChI=1S/C56H62O11/c1-58-55-54(64-38-46-30-18-7-19-31-46)52(62-36-44-26-14-5-15-27-44)51(61-35-43-24-12-4-13-25-43)49(67-55)40-65-56-53(63-37-45-28-16-6-17-29-45)50(60-34-42-22-10-3-11-23-42)47(32-57)48(66-56)39-59-33-41-20-8-2-9-21-41/h2-31,47-57H,32-40H2,1H3/t47-,48-,49-,50+,51-,52+,53-,54-,55+,56-/m1/s1. The topological polar surface area (TPSA) is 113 Å². The Kier molecular flexibility index (Phi) is 18.7. The maximum Gasteiger partial charge on any atom is 0.186 e. The second-order valence-corrected chi connectivity index (χ2v) is 16.8. The lowest BCUT2D eigenvalue weighted by molar-refractivity contribution is -0.345. The molecule has 2 heterocycles. The molecular weight excluding hydrogens is 849 g/mol. The molecule has 67 heavy (non-hydrogen) atoms. The van der Waals surface area contributed by atoms with Crippen LogP contribution in [0, 0.1) is 5.92 Å². The summed E-state index contributed by atoms with van der Waals surface area (Å²) >= 11 is 0. The zero-order valence-corrected chi connectivity index (χ0v) is 38.0. The number of methoxy groups -OCH3 is 1. The van der Waals surface area contributed by atoms with Gasteiger partial charge in [-0.05, 0) is 33.4 Å². The zero-order chi connectivity index (χ0) is 45.9. The molecule has 11 nitrogen and oxygen atoms in total. The van der Waals surface area contributed by atoms with Gasteiger partial charge in [0.1, 0.15) is 30.5 Å². The van der Waals surface area contributed by atoms with Crippen LogP contribution < -0.4 is 0 Å². The molecule has 6 aromatic rings. The fourth-order valence-electron chi connectivity index (χ4n) is 8.53. The average Bonchev–Trinajstić information content (AvgIpc) is 3.39. The molecule has 0 aliphatic carbocycles. The molecule has 0 aromatic heterocycles. The van der Waals surface area contributed by atoms with E-state index in [1.54, 1.807) is 7.11 Å². The van der Waals surface area contributed by atoms with E-state index in [-0.39, 0.29) is 39.6 Å². The van der Waals surface area contributed by atoms with Gasteiger partial charge < -0.3 is 52.5 Å². The number of ether oxygens (including phenoxy) is 10. The van der Waals surface area contributed by atoms with Gasteiger partial charge in [0.2, 0.25) is 0 Å². The van der Waals surface area contributed by atoms with Gasteiger partial charge in [-0.1, -0.05) is 182 Å². The van der Waals surface area contributed by atoms with Crippen LogP contribution in [0.1, 0.15) is 33.4 Å². The van der Waals surface area contributed by atoms with Gasteiger partial charge in [-0.2, -0.15) is 0 Å². The van der Waals surface area contributed by atoms with Crippen LogP contribution in [0.15, 0.2) is 182 Å². The summed E-state index contributed by atoms with van der Waals surface area (Å²) in [6.45, 7) is 1.67. The lowest BCUT2D eigenvalue weighted by Gasteiger charge is -2.48. The fourth-order valence-corrected chi connectivity index (χ4v) is 8.53. The van der Waals surface area contributed by atoms with Crippen LogP contribution in [0.25, 0.3) is 0 Å². The zero-order valence-electron chi connectivity index (χ0n) is 38.0. The number of aliphatic hydroxyl groups is 1. The summed E-state index contributed by atoms with van der Waals surface area (Å²) in [5, 5.41) is 11.1. The van der Waals surface area contributed by atoms with Crippen LogP contribution >= 0.6 is 0 Å². The van der Waals surface area contributed by atoms with Crippen molar-refractivity contribution >= 4 is 0 Å². The van der Waals surface area contributed by atoms with Crippen molar-refractivity contribution in [1.82, 2.24) is 0 Å². The van der Waals surface area contributed by atoms with E-state index < -0.39 is 61.2 Å². The number of rotatable bonds is 24. The minimum absolute atomic E-state index is 0.0153. The molecule has 352 valence electrons. The summed E-state index contributed by atoms with van der Waals surface area (Å²) in [4.78, 5) is 0. The van der Waals surface area contributed by atoms with Crippen molar-refractivity contribution in [2.24, 2.45) is 5.92 Å². The highest BCUT2D eigenvalue weighted by Gasteiger charge is 2.51. The molecular formula is C56H62O11. The normalized spacial score (nSPS) is 25.2. The minimum Gasteiger partial charge on any atom is -0.396 e. The van der Waals surface area contributed by atoms with E-state index >= 15 is 0 Å². The van der Waals surface area contributed by atoms with Crippen molar-refractivity contribution in [2.75, 3.05) is 26.9 Å². The number of aliphatic hydroxyl groups excluding tert-OH is 1. The van der Waals surface area contributed by atoms with Crippen molar-refractivity contribution in [1.29, 1.82) is 0 Å². The Morgan fingerprint density at radius 2 is 0.701 bits per heavy atom. The molecule has 2 aliphatic rings. The van der Waals surface area contributed by atoms with Crippen LogP contribution in [-0.4, -0.2) is 87.3 Å². The van der Waals surface area contributed by atoms with Gasteiger partial charge in [-0.3, -0.25) is 0 Å². The van der Waals surface area contributed by atoms with E-state index in [0.29, 0.717) is 19.8 Å². The predicted molar refractivity (Wildman–Crippen MR) is 252 cm³/mol. The fraction of sp³-hybridized carbons (Fsp3) is 0.357. The molecule has 2 fully saturated rings. The number of hydrogen-bond acceptors (Lipinski definition) is 11. The Labute approximate surface area is 394 Å². The van der Waals surface area contributed by atoms with E-state index in [9.17, 15) is 5.11 Å². The summed E-state index contributed by atoms with van der Waals surface area (Å²) < 4.78 is 67.0. The van der Waals surface area contributed by atoms with Crippen molar-refractivity contribution in [3.05, 3.63) is 215 Å². The first-order valence-corrected chi connectivity index (χ1v) is 23.1. The first-order chi connectivity index (χ1) is 33.1. The molecule has 10 atom stereocenters. The molecule has 6 aromatic carbocycles. The second kappa shape index (κ2) is 25.9. The lowest BCUT2D eigenvalue weighted by Crippen LogP contribution is -2.63. The SMILES string of the molecule is CO[C@H]1O[C@H](CO[C@@H]2O[C@H](COCc3ccccc3)[C@@H](CO)[C@H](OCc3ccccc3)[C@H]2OCc2ccccc2)[C@@H](OCc2ccccc2)[C@H](OCc2ccccc2)[C@H]1OCc1ccccc1. The van der Waals surface area contributed by atoms with Gasteiger partial charge in [-0.25, -0.2) is 0 Å². The molecule has 0 saturated carbocycles. The van der Waals surface area contributed by atoms with Crippen molar-refractivity contribution in [2.45, 2.75) is 94.9 Å². The quantitative estimate of drug-likeness (QED) is 0.0629. The minimum atomic E-state index is -0.993. The summed E-state index contributed by atoms with van der Waals surface area (Å²) in [5.74, 6) is -0.524. The van der Waals surface area contributed by atoms with Crippen molar-refractivity contribution in [3.63, 3.8) is 0 Å². The summed E-state index contributed by atoms with van der Waals surface area (Å²) in [6.07, 6.45) is -6.73. The molecule has 8 rings (SSSR count). The predicted octanol–water partition coefficient (Wildman–Crippen LogP) is 8.85. The van der Waals surface area contributed by atoms with Gasteiger partial charge >= 0.3 is 0 Å². The third-order valence-electron chi connectivity index (χ3n) is 12.1. The molecule has 0 bridgehead atoms. The third kappa shape index (κ3) is 14.0. The molecule has 1 N–H and O–H groups in total. The van der Waals surface area contributed by atoms with Gasteiger partial charge in [0.25, 0.3) is 0 Å². The van der Waals surface area contributed by atoms with E-state index in [1.807, 2.05) is 182 Å². The molecule has 0 unspecified atom stereocenters. The van der Waals surface area contributed by atoms with Crippen LogP contribution in [0.2, 0.25) is 0 Å². The molecule has 0 spiro atoms. The van der Waals surface area contributed by atoms with Gasteiger partial charge in [-0.15, -0.1) is 0 Å². The van der Waals surface area contributed by atoms with Crippen LogP contribution in [-0.2, 0) is 87.0 Å². The van der Waals surface area contributed by atoms with E-state index in [0.717, 1.165) is 33.4 Å². The molecule has 2 aliphatic heterocycles. The Hall–Kier alpha value is -5.12. The first kappa shape index (κ1) is 48.3. The third-order valence-corrected chi connectivity index (χ3v) is 12.1. The second-order valence-electron chi connectivity index (χ2n) is 16.8. The van der Waals surface area contributed by atoms with E-state index in [4.69, 9.17) is 47.4 Å². The number of benzene rings is 6. The molecule has 11 heteroatoms. The lowest BCUT2D eigenvalue weighted by atomic mass is 9.89. The Morgan fingerprint density at radius 3 is 1.10 bits per heavy atom. The van der Waals surface area contributed by atoms with E-state index in [2.05, 4.69) is 0 Å². The van der Waals surface area contributed by atoms with E-state index in [1.165, 1.54) is 0 Å². The van der Waals surface area contributed by atoms with Crippen LogP contribution in [0.3, 0.4) is 0 Å². The first-order valence-electron chi connectivity index (χ1n) is 23.1. The average molecular weight is 911 g/mol. The smallest absolute Gasteiger partial charge is 0.186 e. The molecule has 0 amide bonds. The Balaban J connectivity index is 1.10. The highest BCUT2D eigenvalue weighted by atomic mass is 16.7. The maximum absolute atomic E-state index is 11.1. The van der Waals surface area contributed by atoms with Crippen LogP contribution in [0.5, 0.6) is 0 Å². The maximum atomic E-state index is 11.1. The van der Waals surface area contributed by atoms with Crippen molar-refractivity contribution < 1.29 is 52.5 Å².